The van der Waals surface area contributed by atoms with Crippen LogP contribution < -0.4 is 5.32 Å². The first-order valence-corrected chi connectivity index (χ1v) is 9.69. The van der Waals surface area contributed by atoms with E-state index in [4.69, 9.17) is 11.6 Å². The van der Waals surface area contributed by atoms with E-state index in [0.29, 0.717) is 10.6 Å². The number of sulfonamides is 1. The van der Waals surface area contributed by atoms with Gasteiger partial charge in [-0.2, -0.15) is 0 Å². The SMILES string of the molecule is CC(=O)c1sc(NC(=O)c2cc(S(=O)(=O)N(C)C)ccc2Cl)nc1C. The summed E-state index contributed by atoms with van der Waals surface area (Å²) in [7, 11) is -0.911. The van der Waals surface area contributed by atoms with Gasteiger partial charge in [-0.1, -0.05) is 22.9 Å². The Morgan fingerprint density at radius 1 is 1.28 bits per heavy atom. The molecule has 7 nitrogen and oxygen atoms in total. The van der Waals surface area contributed by atoms with Gasteiger partial charge in [0.1, 0.15) is 0 Å². The molecule has 134 valence electrons. The molecule has 0 fully saturated rings. The molecule has 0 unspecified atom stereocenters. The van der Waals surface area contributed by atoms with E-state index in [-0.39, 0.29) is 26.4 Å². The second-order valence-electron chi connectivity index (χ2n) is 5.37. The highest BCUT2D eigenvalue weighted by Crippen LogP contribution is 2.26. The van der Waals surface area contributed by atoms with Crippen LogP contribution >= 0.6 is 22.9 Å². The number of nitrogens with zero attached hydrogens (tertiary/aromatic N) is 2. The number of rotatable bonds is 5. The largest absolute Gasteiger partial charge is 0.298 e. The lowest BCUT2D eigenvalue weighted by molar-refractivity contribution is 0.101. The van der Waals surface area contributed by atoms with Crippen LogP contribution in [0, 0.1) is 6.92 Å². The third-order valence-electron chi connectivity index (χ3n) is 3.30. The fraction of sp³-hybridized carbons (Fsp3) is 0.267. The first-order chi connectivity index (χ1) is 11.5. The summed E-state index contributed by atoms with van der Waals surface area (Å²) in [5.74, 6) is -0.753. The van der Waals surface area contributed by atoms with Crippen molar-refractivity contribution in [2.75, 3.05) is 19.4 Å². The molecule has 0 aliphatic carbocycles. The molecule has 1 N–H and O–H groups in total. The van der Waals surface area contributed by atoms with Crippen LogP contribution in [0.2, 0.25) is 5.02 Å². The molecule has 1 aromatic carbocycles. The molecule has 0 radical (unpaired) electrons. The summed E-state index contributed by atoms with van der Waals surface area (Å²) in [4.78, 5) is 28.4. The average molecular weight is 402 g/mol. The van der Waals surface area contributed by atoms with Gasteiger partial charge in [0.15, 0.2) is 10.9 Å². The number of ketones is 1. The van der Waals surface area contributed by atoms with Gasteiger partial charge in [-0.15, -0.1) is 0 Å². The Hall–Kier alpha value is -1.81. The van der Waals surface area contributed by atoms with Crippen LogP contribution in [0.1, 0.15) is 32.6 Å². The fourth-order valence-corrected chi connectivity index (χ4v) is 3.98. The van der Waals surface area contributed by atoms with Crippen molar-refractivity contribution in [2.24, 2.45) is 0 Å². The number of amides is 1. The maximum Gasteiger partial charge on any atom is 0.259 e. The van der Waals surface area contributed by atoms with Gasteiger partial charge >= 0.3 is 0 Å². The maximum absolute atomic E-state index is 12.5. The molecular formula is C15H16ClN3O4S2. The normalized spacial score (nSPS) is 11.6. The molecule has 2 rings (SSSR count). The van der Waals surface area contributed by atoms with Crippen LogP contribution in [0.3, 0.4) is 0 Å². The van der Waals surface area contributed by atoms with Crippen molar-refractivity contribution < 1.29 is 18.0 Å². The Bertz CT molecular complexity index is 952. The number of aromatic nitrogens is 1. The molecule has 0 aliphatic heterocycles. The minimum atomic E-state index is -3.70. The second-order valence-corrected chi connectivity index (χ2v) is 8.93. The number of halogens is 1. The van der Waals surface area contributed by atoms with Crippen molar-refractivity contribution in [3.8, 4) is 0 Å². The Labute approximate surface area is 154 Å². The van der Waals surface area contributed by atoms with Crippen LogP contribution in [-0.4, -0.2) is 43.5 Å². The molecule has 0 saturated heterocycles. The monoisotopic (exact) mass is 401 g/mol. The molecule has 10 heteroatoms. The molecule has 0 saturated carbocycles. The minimum Gasteiger partial charge on any atom is -0.298 e. The molecule has 1 amide bonds. The van der Waals surface area contributed by atoms with Crippen molar-refractivity contribution in [1.82, 2.24) is 9.29 Å². The third kappa shape index (κ3) is 4.06. The van der Waals surface area contributed by atoms with Crippen LogP contribution in [0.4, 0.5) is 5.13 Å². The highest BCUT2D eigenvalue weighted by atomic mass is 35.5. The van der Waals surface area contributed by atoms with E-state index in [1.165, 1.54) is 39.2 Å². The van der Waals surface area contributed by atoms with E-state index in [9.17, 15) is 18.0 Å². The van der Waals surface area contributed by atoms with Crippen LogP contribution in [0.25, 0.3) is 0 Å². The molecule has 0 aliphatic rings. The van der Waals surface area contributed by atoms with Crippen molar-refractivity contribution >= 4 is 49.8 Å². The zero-order valence-corrected chi connectivity index (χ0v) is 16.3. The van der Waals surface area contributed by atoms with Gasteiger partial charge < -0.3 is 0 Å². The summed E-state index contributed by atoms with van der Waals surface area (Å²) < 4.78 is 25.4. The van der Waals surface area contributed by atoms with Gasteiger partial charge in [-0.25, -0.2) is 17.7 Å². The molecule has 1 aromatic heterocycles. The molecule has 1 heterocycles. The van der Waals surface area contributed by atoms with Gasteiger partial charge in [0, 0.05) is 21.0 Å². The molecule has 25 heavy (non-hydrogen) atoms. The summed E-state index contributed by atoms with van der Waals surface area (Å²) in [6, 6.07) is 3.89. The summed E-state index contributed by atoms with van der Waals surface area (Å²) in [6.45, 7) is 3.08. The molecule has 0 bridgehead atoms. The number of aryl methyl sites for hydroxylation is 1. The predicted octanol–water partition coefficient (Wildman–Crippen LogP) is 2.81. The lowest BCUT2D eigenvalue weighted by atomic mass is 10.2. The number of carbonyl (C=O) groups excluding carboxylic acids is 2. The third-order valence-corrected chi connectivity index (χ3v) is 6.61. The predicted molar refractivity (Wildman–Crippen MR) is 97.1 cm³/mol. The van der Waals surface area contributed by atoms with Crippen LogP contribution in [-0.2, 0) is 10.0 Å². The number of carbonyl (C=O) groups is 2. The molecular weight excluding hydrogens is 386 g/mol. The summed E-state index contributed by atoms with van der Waals surface area (Å²) in [5.41, 5.74) is 0.518. The first kappa shape index (κ1) is 19.5. The summed E-state index contributed by atoms with van der Waals surface area (Å²) in [6.07, 6.45) is 0. The zero-order chi connectivity index (χ0) is 18.9. The van der Waals surface area contributed by atoms with E-state index in [0.717, 1.165) is 15.6 Å². The number of nitrogens with one attached hydrogen (secondary N) is 1. The number of anilines is 1. The number of thiazole rings is 1. The standard InChI is InChI=1S/C15H16ClN3O4S2/c1-8-13(9(2)20)24-15(17-8)18-14(21)11-7-10(5-6-12(11)16)25(22,23)19(3)4/h5-7H,1-4H3,(H,17,18,21). The highest BCUT2D eigenvalue weighted by molar-refractivity contribution is 7.89. The fourth-order valence-electron chi connectivity index (χ4n) is 1.99. The average Bonchev–Trinajstić information content (AvgIpc) is 2.87. The summed E-state index contributed by atoms with van der Waals surface area (Å²) >= 11 is 7.08. The van der Waals surface area contributed by atoms with E-state index in [1.807, 2.05) is 0 Å². The van der Waals surface area contributed by atoms with Crippen molar-refractivity contribution in [2.45, 2.75) is 18.7 Å². The smallest absolute Gasteiger partial charge is 0.259 e. The van der Waals surface area contributed by atoms with Crippen LogP contribution in [0.15, 0.2) is 23.1 Å². The number of hydrogen-bond donors (Lipinski definition) is 1. The quantitative estimate of drug-likeness (QED) is 0.777. The molecule has 0 spiro atoms. The molecule has 2 aromatic rings. The summed E-state index contributed by atoms with van der Waals surface area (Å²) in [5, 5.41) is 2.89. The van der Waals surface area contributed by atoms with Crippen LogP contribution in [0.5, 0.6) is 0 Å². The van der Waals surface area contributed by atoms with E-state index >= 15 is 0 Å². The zero-order valence-electron chi connectivity index (χ0n) is 14.0. The second kappa shape index (κ2) is 7.20. The Balaban J connectivity index is 2.37. The number of Topliss-reactive ketones (excluding diaryl/α,β-unsaturated/α-hetero) is 1. The van der Waals surface area contributed by atoms with Gasteiger partial charge in [-0.05, 0) is 25.1 Å². The van der Waals surface area contributed by atoms with E-state index < -0.39 is 15.9 Å². The van der Waals surface area contributed by atoms with Crippen molar-refractivity contribution in [3.63, 3.8) is 0 Å². The first-order valence-electron chi connectivity index (χ1n) is 7.06. The van der Waals surface area contributed by atoms with Gasteiger partial charge in [0.05, 0.1) is 26.1 Å². The Morgan fingerprint density at radius 2 is 1.92 bits per heavy atom. The minimum absolute atomic E-state index is 0.00168. The highest BCUT2D eigenvalue weighted by Gasteiger charge is 2.22. The number of hydrogen-bond acceptors (Lipinski definition) is 6. The maximum atomic E-state index is 12.5. The van der Waals surface area contributed by atoms with Crippen molar-refractivity contribution in [3.05, 3.63) is 39.4 Å². The van der Waals surface area contributed by atoms with Gasteiger partial charge in [0.25, 0.3) is 5.91 Å². The van der Waals surface area contributed by atoms with E-state index in [1.54, 1.807) is 6.92 Å². The van der Waals surface area contributed by atoms with Gasteiger partial charge in [-0.3, -0.25) is 14.9 Å². The van der Waals surface area contributed by atoms with Gasteiger partial charge in [0.2, 0.25) is 10.0 Å². The van der Waals surface area contributed by atoms with Crippen molar-refractivity contribution in [1.29, 1.82) is 0 Å². The lowest BCUT2D eigenvalue weighted by Crippen LogP contribution is -2.23. The van der Waals surface area contributed by atoms with E-state index in [2.05, 4.69) is 10.3 Å². The Morgan fingerprint density at radius 3 is 2.44 bits per heavy atom. The lowest BCUT2D eigenvalue weighted by Gasteiger charge is -2.13. The molecule has 0 atom stereocenters. The topological polar surface area (TPSA) is 96.4 Å². The Kier molecular flexibility index (Phi) is 5.62. The number of benzene rings is 1.